The number of ether oxygens (including phenoxy) is 1. The highest BCUT2D eigenvalue weighted by Crippen LogP contribution is 2.31. The van der Waals surface area contributed by atoms with Gasteiger partial charge in [0, 0.05) is 6.04 Å². The zero-order valence-electron chi connectivity index (χ0n) is 13.1. The van der Waals surface area contributed by atoms with Crippen LogP contribution in [0.25, 0.3) is 11.2 Å². The Hall–Kier alpha value is -1.81. The van der Waals surface area contributed by atoms with Gasteiger partial charge in [-0.05, 0) is 12.8 Å². The van der Waals surface area contributed by atoms with Crippen molar-refractivity contribution in [1.29, 1.82) is 0 Å². The number of nitrogens with one attached hydrogen (secondary N) is 1. The fraction of sp³-hybridized carbons (Fsp3) is 0.667. The predicted molar refractivity (Wildman–Crippen MR) is 84.0 cm³/mol. The van der Waals surface area contributed by atoms with Crippen LogP contribution in [0.3, 0.4) is 0 Å². The highest BCUT2D eigenvalue weighted by Gasteiger charge is 2.43. The van der Waals surface area contributed by atoms with Gasteiger partial charge in [0.15, 0.2) is 29.5 Å². The summed E-state index contributed by atoms with van der Waals surface area (Å²) in [4.78, 5) is 12.8. The fourth-order valence-electron chi connectivity index (χ4n) is 3.46. The Balaban J connectivity index is 1.64. The van der Waals surface area contributed by atoms with E-state index in [1.807, 2.05) is 0 Å². The van der Waals surface area contributed by atoms with Crippen LogP contribution in [0.5, 0.6) is 0 Å². The second-order valence-electron chi connectivity index (χ2n) is 6.42. The van der Waals surface area contributed by atoms with E-state index >= 15 is 0 Å². The van der Waals surface area contributed by atoms with E-state index < -0.39 is 24.7 Å². The van der Waals surface area contributed by atoms with Crippen molar-refractivity contribution in [3.63, 3.8) is 0 Å². The Bertz CT molecular complexity index is 717. The molecule has 0 aromatic carbocycles. The molecule has 0 radical (unpaired) electrons. The summed E-state index contributed by atoms with van der Waals surface area (Å²) in [6, 6.07) is 0.374. The number of hydrogen-bond acceptors (Lipinski definition) is 8. The van der Waals surface area contributed by atoms with Gasteiger partial charge in [-0.25, -0.2) is 15.0 Å². The summed E-state index contributed by atoms with van der Waals surface area (Å²) in [7, 11) is 0. The molecule has 2 aliphatic rings. The molecule has 9 heteroatoms. The first-order valence-corrected chi connectivity index (χ1v) is 8.29. The van der Waals surface area contributed by atoms with Gasteiger partial charge in [-0.2, -0.15) is 0 Å². The molecule has 24 heavy (non-hydrogen) atoms. The summed E-state index contributed by atoms with van der Waals surface area (Å²) in [5.41, 5.74) is 1.06. The number of aliphatic hydroxyl groups excluding tert-OH is 3. The summed E-state index contributed by atoms with van der Waals surface area (Å²) >= 11 is 0. The number of aliphatic hydroxyl groups is 3. The SMILES string of the molecule is O[C@@H]1[C@H](O)[C@@H](O)O[C@H]1n1cnc2c(NC3CCCCC3)ncnc21. The van der Waals surface area contributed by atoms with Crippen LogP contribution in [0.4, 0.5) is 5.82 Å². The highest BCUT2D eigenvalue weighted by molar-refractivity contribution is 5.82. The summed E-state index contributed by atoms with van der Waals surface area (Å²) < 4.78 is 6.73. The number of aromatic nitrogens is 4. The lowest BCUT2D eigenvalue weighted by Gasteiger charge is -2.23. The molecule has 130 valence electrons. The Labute approximate surface area is 138 Å². The van der Waals surface area contributed by atoms with Crippen molar-refractivity contribution >= 4 is 17.0 Å². The van der Waals surface area contributed by atoms with Gasteiger partial charge in [0.1, 0.15) is 18.5 Å². The van der Waals surface area contributed by atoms with Crippen LogP contribution in [0.2, 0.25) is 0 Å². The van der Waals surface area contributed by atoms with Crippen LogP contribution >= 0.6 is 0 Å². The Morgan fingerprint density at radius 3 is 2.54 bits per heavy atom. The molecule has 1 saturated heterocycles. The third-order valence-electron chi connectivity index (χ3n) is 4.79. The second kappa shape index (κ2) is 6.25. The maximum Gasteiger partial charge on any atom is 0.186 e. The van der Waals surface area contributed by atoms with Gasteiger partial charge in [0.05, 0.1) is 6.33 Å². The van der Waals surface area contributed by atoms with E-state index in [1.54, 1.807) is 0 Å². The predicted octanol–water partition coefficient (Wildman–Crippen LogP) is 0.140. The van der Waals surface area contributed by atoms with Crippen molar-refractivity contribution in [2.45, 2.75) is 62.9 Å². The lowest BCUT2D eigenvalue weighted by atomic mass is 9.95. The van der Waals surface area contributed by atoms with E-state index in [9.17, 15) is 15.3 Å². The van der Waals surface area contributed by atoms with Crippen LogP contribution in [-0.4, -0.2) is 59.4 Å². The molecule has 3 heterocycles. The molecule has 1 saturated carbocycles. The fourth-order valence-corrected chi connectivity index (χ4v) is 3.46. The zero-order valence-corrected chi connectivity index (χ0v) is 13.1. The monoisotopic (exact) mass is 335 g/mol. The molecule has 4 N–H and O–H groups in total. The number of fused-ring (bicyclic) bond motifs is 1. The van der Waals surface area contributed by atoms with Crippen LogP contribution in [0.1, 0.15) is 38.3 Å². The van der Waals surface area contributed by atoms with Crippen molar-refractivity contribution in [2.24, 2.45) is 0 Å². The van der Waals surface area contributed by atoms with E-state index in [1.165, 1.54) is 36.5 Å². The molecular weight excluding hydrogens is 314 g/mol. The number of rotatable bonds is 3. The minimum absolute atomic E-state index is 0.374. The minimum atomic E-state index is -1.44. The van der Waals surface area contributed by atoms with Gasteiger partial charge >= 0.3 is 0 Å². The quantitative estimate of drug-likeness (QED) is 0.624. The van der Waals surface area contributed by atoms with Gasteiger partial charge in [-0.3, -0.25) is 4.57 Å². The van der Waals surface area contributed by atoms with Gasteiger partial charge in [0.25, 0.3) is 0 Å². The first-order chi connectivity index (χ1) is 11.6. The summed E-state index contributed by atoms with van der Waals surface area (Å²) in [6.45, 7) is 0. The summed E-state index contributed by atoms with van der Waals surface area (Å²) in [5.74, 6) is 0.652. The standard InChI is InChI=1S/C15H21N5O4/c21-10-11(22)15(23)24-14(10)20-7-18-9-12(16-6-17-13(9)20)19-8-4-2-1-3-5-8/h6-8,10-11,14-15,21-23H,1-5H2,(H,16,17,19)/t10-,11+,14-,15+/m1/s1. The molecule has 1 aliphatic heterocycles. The van der Waals surface area contributed by atoms with E-state index in [-0.39, 0.29) is 0 Å². The average molecular weight is 335 g/mol. The first kappa shape index (κ1) is 15.7. The molecule has 4 atom stereocenters. The summed E-state index contributed by atoms with van der Waals surface area (Å²) in [6.07, 6.45) is 3.79. The van der Waals surface area contributed by atoms with Crippen molar-refractivity contribution in [2.75, 3.05) is 5.32 Å². The van der Waals surface area contributed by atoms with Crippen molar-refractivity contribution < 1.29 is 20.1 Å². The van der Waals surface area contributed by atoms with Gasteiger partial charge < -0.3 is 25.4 Å². The first-order valence-electron chi connectivity index (χ1n) is 8.29. The van der Waals surface area contributed by atoms with Gasteiger partial charge in [-0.15, -0.1) is 0 Å². The second-order valence-corrected chi connectivity index (χ2v) is 6.42. The topological polar surface area (TPSA) is 126 Å². The third-order valence-corrected chi connectivity index (χ3v) is 4.79. The van der Waals surface area contributed by atoms with Crippen LogP contribution < -0.4 is 5.32 Å². The molecular formula is C15H21N5O4. The minimum Gasteiger partial charge on any atom is -0.385 e. The number of imidazole rings is 1. The van der Waals surface area contributed by atoms with E-state index in [0.29, 0.717) is 23.0 Å². The molecule has 2 fully saturated rings. The lowest BCUT2D eigenvalue weighted by molar-refractivity contribution is -0.141. The highest BCUT2D eigenvalue weighted by atomic mass is 16.7. The number of anilines is 1. The van der Waals surface area contributed by atoms with Crippen LogP contribution in [0.15, 0.2) is 12.7 Å². The van der Waals surface area contributed by atoms with Crippen LogP contribution in [-0.2, 0) is 4.74 Å². The molecule has 2 aromatic heterocycles. The van der Waals surface area contributed by atoms with Crippen molar-refractivity contribution in [3.05, 3.63) is 12.7 Å². The number of hydrogen-bond donors (Lipinski definition) is 4. The third kappa shape index (κ3) is 2.63. The molecule has 0 bridgehead atoms. The van der Waals surface area contributed by atoms with E-state index in [0.717, 1.165) is 12.8 Å². The Kier molecular flexibility index (Phi) is 4.09. The van der Waals surface area contributed by atoms with Gasteiger partial charge in [0.2, 0.25) is 0 Å². The molecule has 4 rings (SSSR count). The number of nitrogens with zero attached hydrogens (tertiary/aromatic N) is 4. The summed E-state index contributed by atoms with van der Waals surface area (Å²) in [5, 5.41) is 32.7. The van der Waals surface area contributed by atoms with Crippen molar-refractivity contribution in [1.82, 2.24) is 19.5 Å². The molecule has 9 nitrogen and oxygen atoms in total. The molecule has 0 spiro atoms. The maximum absolute atomic E-state index is 10.0. The van der Waals surface area contributed by atoms with E-state index in [4.69, 9.17) is 4.74 Å². The largest absolute Gasteiger partial charge is 0.385 e. The van der Waals surface area contributed by atoms with E-state index in [2.05, 4.69) is 20.3 Å². The Morgan fingerprint density at radius 2 is 1.83 bits per heavy atom. The van der Waals surface area contributed by atoms with Crippen LogP contribution in [0, 0.1) is 0 Å². The smallest absolute Gasteiger partial charge is 0.186 e. The van der Waals surface area contributed by atoms with Crippen molar-refractivity contribution in [3.8, 4) is 0 Å². The molecule has 1 aliphatic carbocycles. The average Bonchev–Trinajstić information content (AvgIpc) is 3.13. The molecule has 2 aromatic rings. The lowest BCUT2D eigenvalue weighted by Crippen LogP contribution is -2.31. The maximum atomic E-state index is 10.0. The molecule has 0 amide bonds. The normalized spacial score (nSPS) is 31.6. The molecule has 0 unspecified atom stereocenters. The Morgan fingerprint density at radius 1 is 1.04 bits per heavy atom. The zero-order chi connectivity index (χ0) is 16.7. The van der Waals surface area contributed by atoms with Gasteiger partial charge in [-0.1, -0.05) is 19.3 Å².